The highest BCUT2D eigenvalue weighted by Crippen LogP contribution is 2.37. The molecule has 1 aliphatic heterocycles. The Labute approximate surface area is 283 Å². The number of hydrogen-bond donors (Lipinski definition) is 2. The molecule has 1 aliphatic rings. The SMILES string of the molecule is Cc1cc(-c2c(C)cccc2C)c(F)c([C@H](CC(=O)O)NC(=O)C(CC(C)C)n2cc(CCN3CCCCC3)c(C(F)(F)F)cc2=O)c1F. The van der Waals surface area contributed by atoms with E-state index in [1.807, 2.05) is 0 Å². The van der Waals surface area contributed by atoms with Gasteiger partial charge in [0.15, 0.2) is 0 Å². The first kappa shape index (κ1) is 37.8. The number of aryl methyl sites for hydroxylation is 3. The first-order valence-corrected chi connectivity index (χ1v) is 16.6. The van der Waals surface area contributed by atoms with Gasteiger partial charge < -0.3 is 19.9 Å². The maximum Gasteiger partial charge on any atom is 0.416 e. The molecule has 2 atom stereocenters. The summed E-state index contributed by atoms with van der Waals surface area (Å²) in [5, 5.41) is 12.2. The smallest absolute Gasteiger partial charge is 0.416 e. The third-order valence-electron chi connectivity index (χ3n) is 9.16. The molecule has 1 fully saturated rings. The summed E-state index contributed by atoms with van der Waals surface area (Å²) < 4.78 is 75.5. The molecule has 3 aromatic rings. The molecular weight excluding hydrogens is 645 g/mol. The molecule has 7 nitrogen and oxygen atoms in total. The van der Waals surface area contributed by atoms with Crippen LogP contribution in [0.3, 0.4) is 0 Å². The Kier molecular flexibility index (Phi) is 12.1. The predicted molar refractivity (Wildman–Crippen MR) is 177 cm³/mol. The first-order chi connectivity index (χ1) is 23.0. The lowest BCUT2D eigenvalue weighted by molar-refractivity contribution is -0.139. The highest BCUT2D eigenvalue weighted by Gasteiger charge is 2.36. The summed E-state index contributed by atoms with van der Waals surface area (Å²) in [4.78, 5) is 41.4. The monoisotopic (exact) mass is 689 g/mol. The molecule has 2 aromatic carbocycles. The van der Waals surface area contributed by atoms with Crippen molar-refractivity contribution in [1.82, 2.24) is 14.8 Å². The summed E-state index contributed by atoms with van der Waals surface area (Å²) in [5.41, 5.74) is -1.02. The standard InChI is InChI=1S/C37H44F5N3O4/c1-21(2)16-29(45-20-25(12-15-44-13-7-6-8-14-44)27(18-30(45)46)37(40,41)42)36(49)43-28(19-31(47)48)33-34(38)24(5)17-26(35(33)39)32-22(3)10-9-11-23(32)4/h9-11,17-18,20-21,28-29H,6-8,12-16,19H2,1-5H3,(H,43,49)(H,47,48)/t28-,29?/m0/s1. The second-order valence-electron chi connectivity index (χ2n) is 13.5. The van der Waals surface area contributed by atoms with Gasteiger partial charge in [0.25, 0.3) is 5.56 Å². The molecule has 0 radical (unpaired) electrons. The highest BCUT2D eigenvalue weighted by molar-refractivity contribution is 5.82. The van der Waals surface area contributed by atoms with E-state index in [4.69, 9.17) is 0 Å². The van der Waals surface area contributed by atoms with E-state index in [1.165, 1.54) is 13.0 Å². The van der Waals surface area contributed by atoms with Crippen LogP contribution in [0, 0.1) is 38.3 Å². The largest absolute Gasteiger partial charge is 0.481 e. The molecular formula is C37H44F5N3O4. The molecule has 49 heavy (non-hydrogen) atoms. The van der Waals surface area contributed by atoms with Gasteiger partial charge in [-0.05, 0) is 99.3 Å². The molecule has 1 amide bonds. The van der Waals surface area contributed by atoms with Crippen molar-refractivity contribution in [1.29, 1.82) is 0 Å². The minimum atomic E-state index is -4.81. The van der Waals surface area contributed by atoms with Crippen LogP contribution in [-0.4, -0.2) is 46.1 Å². The minimum absolute atomic E-state index is 0.0190. The van der Waals surface area contributed by atoms with E-state index >= 15 is 8.78 Å². The summed E-state index contributed by atoms with van der Waals surface area (Å²) in [5.74, 6) is -4.72. The number of carbonyl (C=O) groups is 2. The zero-order chi connectivity index (χ0) is 36.2. The van der Waals surface area contributed by atoms with Crippen molar-refractivity contribution in [3.05, 3.63) is 91.9 Å². The van der Waals surface area contributed by atoms with Gasteiger partial charge in [0.1, 0.15) is 17.7 Å². The third-order valence-corrected chi connectivity index (χ3v) is 9.16. The van der Waals surface area contributed by atoms with Crippen LogP contribution in [0.5, 0.6) is 0 Å². The summed E-state index contributed by atoms with van der Waals surface area (Å²) in [6, 6.07) is 4.02. The van der Waals surface area contributed by atoms with Crippen LogP contribution in [0.2, 0.25) is 0 Å². The lowest BCUT2D eigenvalue weighted by Gasteiger charge is -2.28. The van der Waals surface area contributed by atoms with Gasteiger partial charge in [-0.3, -0.25) is 14.4 Å². The topological polar surface area (TPSA) is 91.6 Å². The van der Waals surface area contributed by atoms with E-state index in [0.717, 1.165) is 43.1 Å². The number of pyridine rings is 1. The number of amides is 1. The van der Waals surface area contributed by atoms with Crippen molar-refractivity contribution in [3.63, 3.8) is 0 Å². The fraction of sp³-hybridized carbons (Fsp3) is 0.486. The molecule has 0 aliphatic carbocycles. The van der Waals surface area contributed by atoms with Crippen molar-refractivity contribution >= 4 is 11.9 Å². The Morgan fingerprint density at radius 1 is 0.959 bits per heavy atom. The number of benzene rings is 2. The number of hydrogen-bond acceptors (Lipinski definition) is 4. The van der Waals surface area contributed by atoms with E-state index in [9.17, 15) is 32.7 Å². The van der Waals surface area contributed by atoms with Gasteiger partial charge in [-0.25, -0.2) is 8.78 Å². The number of nitrogens with one attached hydrogen (secondary N) is 1. The second-order valence-corrected chi connectivity index (χ2v) is 13.5. The predicted octanol–water partition coefficient (Wildman–Crippen LogP) is 7.69. The Morgan fingerprint density at radius 3 is 2.16 bits per heavy atom. The number of aliphatic carboxylic acids is 1. The zero-order valence-corrected chi connectivity index (χ0v) is 28.5. The van der Waals surface area contributed by atoms with Gasteiger partial charge >= 0.3 is 12.1 Å². The molecule has 12 heteroatoms. The van der Waals surface area contributed by atoms with Crippen molar-refractivity contribution in [2.45, 2.75) is 91.4 Å². The zero-order valence-electron chi connectivity index (χ0n) is 28.5. The van der Waals surface area contributed by atoms with Crippen molar-refractivity contribution in [2.75, 3.05) is 19.6 Å². The van der Waals surface area contributed by atoms with Crippen LogP contribution in [0.15, 0.2) is 41.3 Å². The molecule has 1 aromatic heterocycles. The van der Waals surface area contributed by atoms with Crippen LogP contribution in [0.4, 0.5) is 22.0 Å². The van der Waals surface area contributed by atoms with Crippen molar-refractivity contribution in [3.8, 4) is 11.1 Å². The molecule has 2 N–H and O–H groups in total. The molecule has 1 saturated heterocycles. The van der Waals surface area contributed by atoms with Crippen LogP contribution in [0.25, 0.3) is 11.1 Å². The van der Waals surface area contributed by atoms with Crippen LogP contribution < -0.4 is 10.9 Å². The minimum Gasteiger partial charge on any atom is -0.481 e. The number of piperidine rings is 1. The Morgan fingerprint density at radius 2 is 1.59 bits per heavy atom. The number of carbonyl (C=O) groups excluding carboxylic acids is 1. The maximum atomic E-state index is 16.4. The van der Waals surface area contributed by atoms with Gasteiger partial charge in [-0.15, -0.1) is 0 Å². The van der Waals surface area contributed by atoms with Crippen molar-refractivity contribution in [2.24, 2.45) is 5.92 Å². The lowest BCUT2D eigenvalue weighted by Crippen LogP contribution is -2.41. The molecule has 0 bridgehead atoms. The normalized spacial score (nSPS) is 15.3. The van der Waals surface area contributed by atoms with E-state index in [1.54, 1.807) is 45.9 Å². The first-order valence-electron chi connectivity index (χ1n) is 16.6. The Balaban J connectivity index is 1.79. The van der Waals surface area contributed by atoms with E-state index in [0.29, 0.717) is 29.3 Å². The average molecular weight is 690 g/mol. The third kappa shape index (κ3) is 8.95. The fourth-order valence-corrected chi connectivity index (χ4v) is 6.75. The maximum absolute atomic E-state index is 16.4. The number of aromatic nitrogens is 1. The van der Waals surface area contributed by atoms with Crippen LogP contribution in [0.1, 0.15) is 91.4 Å². The number of rotatable bonds is 12. The molecule has 0 saturated carbocycles. The number of carboxylic acid groups (broad SMARTS) is 1. The molecule has 266 valence electrons. The highest BCUT2D eigenvalue weighted by atomic mass is 19.4. The Hall–Kier alpha value is -4.06. The number of halogens is 5. The van der Waals surface area contributed by atoms with Crippen LogP contribution in [-0.2, 0) is 22.2 Å². The van der Waals surface area contributed by atoms with Crippen LogP contribution >= 0.6 is 0 Å². The molecule has 4 rings (SSSR count). The van der Waals surface area contributed by atoms with Gasteiger partial charge in [-0.1, -0.05) is 38.5 Å². The fourth-order valence-electron chi connectivity index (χ4n) is 6.75. The lowest BCUT2D eigenvalue weighted by atomic mass is 9.89. The van der Waals surface area contributed by atoms with Gasteiger partial charge in [0.05, 0.1) is 18.0 Å². The summed E-state index contributed by atoms with van der Waals surface area (Å²) in [7, 11) is 0. The number of nitrogens with zero attached hydrogens (tertiary/aromatic N) is 2. The summed E-state index contributed by atoms with van der Waals surface area (Å²) in [6.07, 6.45) is -1.77. The average Bonchev–Trinajstić information content (AvgIpc) is 3.01. The molecule has 1 unspecified atom stereocenters. The van der Waals surface area contributed by atoms with Crippen molar-refractivity contribution < 1.29 is 36.6 Å². The van der Waals surface area contributed by atoms with Gasteiger partial charge in [0, 0.05) is 29.9 Å². The van der Waals surface area contributed by atoms with Gasteiger partial charge in [-0.2, -0.15) is 13.2 Å². The molecule has 2 heterocycles. The number of carboxylic acids is 1. The number of likely N-dealkylation sites (tertiary alicyclic amines) is 1. The van der Waals surface area contributed by atoms with E-state index in [2.05, 4.69) is 10.2 Å². The van der Waals surface area contributed by atoms with E-state index in [-0.39, 0.29) is 35.4 Å². The summed E-state index contributed by atoms with van der Waals surface area (Å²) >= 11 is 0. The van der Waals surface area contributed by atoms with Gasteiger partial charge in [0.2, 0.25) is 5.91 Å². The molecule has 0 spiro atoms. The number of alkyl halides is 3. The second kappa shape index (κ2) is 15.7. The summed E-state index contributed by atoms with van der Waals surface area (Å²) in [6.45, 7) is 10.3. The van der Waals surface area contributed by atoms with E-state index < -0.39 is 64.9 Å². The quantitative estimate of drug-likeness (QED) is 0.191. The Bertz CT molecular complexity index is 1720.